The van der Waals surface area contributed by atoms with Gasteiger partial charge in [-0.25, -0.2) is 0 Å². The summed E-state index contributed by atoms with van der Waals surface area (Å²) < 4.78 is 1.79. The van der Waals surface area contributed by atoms with Gasteiger partial charge in [-0.05, 0) is 24.5 Å². The zero-order chi connectivity index (χ0) is 16.1. The molecule has 1 unspecified atom stereocenters. The smallest absolute Gasteiger partial charge is 0.307 e. The highest BCUT2D eigenvalue weighted by molar-refractivity contribution is 7.15. The van der Waals surface area contributed by atoms with Crippen LogP contribution in [-0.2, 0) is 18.4 Å². The normalized spacial score (nSPS) is 12.7. The number of aromatic nitrogens is 2. The van der Waals surface area contributed by atoms with Gasteiger partial charge in [-0.3, -0.25) is 9.48 Å². The van der Waals surface area contributed by atoms with Crippen LogP contribution in [-0.4, -0.2) is 27.4 Å². The quantitative estimate of drug-likeness (QED) is 0.784. The Morgan fingerprint density at radius 3 is 2.82 bits per heavy atom. The first-order chi connectivity index (χ1) is 10.5. The molecule has 6 heteroatoms. The SMILES string of the molecule is CC(C)CC(CNCc1ccc(-c2cnn(C)c2)s1)C(=O)O. The topological polar surface area (TPSA) is 67.2 Å². The van der Waals surface area contributed by atoms with Gasteiger partial charge in [-0.2, -0.15) is 5.10 Å². The molecule has 1 atom stereocenters. The summed E-state index contributed by atoms with van der Waals surface area (Å²) in [5.74, 6) is -0.650. The second kappa shape index (κ2) is 7.56. The van der Waals surface area contributed by atoms with Gasteiger partial charge in [-0.1, -0.05) is 13.8 Å². The van der Waals surface area contributed by atoms with Crippen LogP contribution in [0.15, 0.2) is 24.5 Å². The largest absolute Gasteiger partial charge is 0.481 e. The maximum absolute atomic E-state index is 11.2. The van der Waals surface area contributed by atoms with Crippen molar-refractivity contribution >= 4 is 17.3 Å². The van der Waals surface area contributed by atoms with E-state index >= 15 is 0 Å². The van der Waals surface area contributed by atoms with E-state index in [1.807, 2.05) is 19.4 Å². The van der Waals surface area contributed by atoms with Crippen molar-refractivity contribution in [3.63, 3.8) is 0 Å². The van der Waals surface area contributed by atoms with Gasteiger partial charge >= 0.3 is 5.97 Å². The zero-order valence-corrected chi connectivity index (χ0v) is 14.1. The van der Waals surface area contributed by atoms with Gasteiger partial charge in [-0.15, -0.1) is 11.3 Å². The van der Waals surface area contributed by atoms with Gasteiger partial charge in [0.15, 0.2) is 0 Å². The summed E-state index contributed by atoms with van der Waals surface area (Å²) in [5.41, 5.74) is 1.11. The third-order valence-electron chi connectivity index (χ3n) is 3.45. The zero-order valence-electron chi connectivity index (χ0n) is 13.2. The molecule has 2 heterocycles. The molecule has 0 aliphatic carbocycles. The van der Waals surface area contributed by atoms with E-state index in [0.717, 1.165) is 5.56 Å². The van der Waals surface area contributed by atoms with Crippen LogP contribution in [0.3, 0.4) is 0 Å². The fourth-order valence-corrected chi connectivity index (χ4v) is 3.34. The van der Waals surface area contributed by atoms with E-state index in [4.69, 9.17) is 0 Å². The first-order valence-electron chi connectivity index (χ1n) is 7.47. The highest BCUT2D eigenvalue weighted by Gasteiger charge is 2.18. The molecule has 2 aromatic rings. The number of aryl methyl sites for hydroxylation is 1. The standard InChI is InChI=1S/C16H23N3O2S/c1-11(2)6-12(16(20)21)7-17-9-14-4-5-15(22-14)13-8-18-19(3)10-13/h4-5,8,10-12,17H,6-7,9H2,1-3H3,(H,20,21). The summed E-state index contributed by atoms with van der Waals surface area (Å²) in [6.45, 7) is 5.31. The number of aliphatic carboxylic acids is 1. The van der Waals surface area contributed by atoms with Crippen molar-refractivity contribution in [3.05, 3.63) is 29.4 Å². The first kappa shape index (κ1) is 16.7. The molecule has 0 aromatic carbocycles. The minimum absolute atomic E-state index is 0.322. The van der Waals surface area contributed by atoms with Crippen molar-refractivity contribution in [1.82, 2.24) is 15.1 Å². The Morgan fingerprint density at radius 1 is 1.45 bits per heavy atom. The lowest BCUT2D eigenvalue weighted by atomic mass is 9.97. The molecule has 2 rings (SSSR count). The average Bonchev–Trinajstić information content (AvgIpc) is 3.06. The van der Waals surface area contributed by atoms with Crippen LogP contribution in [0.2, 0.25) is 0 Å². The Balaban J connectivity index is 1.87. The molecular formula is C16H23N3O2S. The van der Waals surface area contributed by atoms with Gasteiger partial charge in [0, 0.05) is 41.7 Å². The number of nitrogens with one attached hydrogen (secondary N) is 1. The van der Waals surface area contributed by atoms with Gasteiger partial charge in [0.1, 0.15) is 0 Å². The summed E-state index contributed by atoms with van der Waals surface area (Å²) in [4.78, 5) is 13.6. The molecule has 0 amide bonds. The monoisotopic (exact) mass is 321 g/mol. The van der Waals surface area contributed by atoms with Crippen LogP contribution in [0.4, 0.5) is 0 Å². The highest BCUT2D eigenvalue weighted by atomic mass is 32.1. The lowest BCUT2D eigenvalue weighted by Crippen LogP contribution is -2.29. The first-order valence-corrected chi connectivity index (χ1v) is 8.28. The molecule has 2 N–H and O–H groups in total. The van der Waals surface area contributed by atoms with Crippen LogP contribution >= 0.6 is 11.3 Å². The fraction of sp³-hybridized carbons (Fsp3) is 0.500. The summed E-state index contributed by atoms with van der Waals surface area (Å²) in [5, 5.41) is 16.7. The van der Waals surface area contributed by atoms with Crippen LogP contribution in [0.25, 0.3) is 10.4 Å². The van der Waals surface area contributed by atoms with Crippen molar-refractivity contribution in [2.75, 3.05) is 6.54 Å². The van der Waals surface area contributed by atoms with Gasteiger partial charge in [0.2, 0.25) is 0 Å². The number of carboxylic acids is 1. The van der Waals surface area contributed by atoms with Gasteiger partial charge < -0.3 is 10.4 Å². The molecule has 0 bridgehead atoms. The number of carboxylic acid groups (broad SMARTS) is 1. The summed E-state index contributed by atoms with van der Waals surface area (Å²) in [7, 11) is 1.90. The Kier molecular flexibility index (Phi) is 5.74. The van der Waals surface area contributed by atoms with Crippen LogP contribution in [0.5, 0.6) is 0 Å². The van der Waals surface area contributed by atoms with Crippen LogP contribution in [0.1, 0.15) is 25.1 Å². The second-order valence-electron chi connectivity index (χ2n) is 5.96. The highest BCUT2D eigenvalue weighted by Crippen LogP contribution is 2.27. The average molecular weight is 321 g/mol. The lowest BCUT2D eigenvalue weighted by Gasteiger charge is -2.15. The Bertz CT molecular complexity index is 618. The molecule has 0 aliphatic heterocycles. The van der Waals surface area contributed by atoms with E-state index in [-0.39, 0.29) is 5.92 Å². The second-order valence-corrected chi connectivity index (χ2v) is 7.13. The predicted octanol–water partition coefficient (Wildman–Crippen LogP) is 2.99. The number of hydrogen-bond donors (Lipinski definition) is 2. The third-order valence-corrected chi connectivity index (χ3v) is 4.58. The molecule has 2 aromatic heterocycles. The lowest BCUT2D eigenvalue weighted by molar-refractivity contribution is -0.142. The van der Waals surface area contributed by atoms with Crippen LogP contribution < -0.4 is 5.32 Å². The van der Waals surface area contributed by atoms with Crippen molar-refractivity contribution in [3.8, 4) is 10.4 Å². The Morgan fingerprint density at radius 2 is 2.23 bits per heavy atom. The molecule has 120 valence electrons. The third kappa shape index (κ3) is 4.68. The Labute approximate surface area is 135 Å². The van der Waals surface area contributed by atoms with Crippen molar-refractivity contribution in [1.29, 1.82) is 0 Å². The molecule has 0 aliphatic rings. The van der Waals surface area contributed by atoms with Crippen molar-refractivity contribution in [2.45, 2.75) is 26.8 Å². The van der Waals surface area contributed by atoms with E-state index in [2.05, 4.69) is 36.4 Å². The van der Waals surface area contributed by atoms with Gasteiger partial charge in [0.25, 0.3) is 0 Å². The van der Waals surface area contributed by atoms with Crippen molar-refractivity contribution in [2.24, 2.45) is 18.9 Å². The van der Waals surface area contributed by atoms with Crippen LogP contribution in [0, 0.1) is 11.8 Å². The number of rotatable bonds is 8. The minimum atomic E-state index is -0.719. The van der Waals surface area contributed by atoms with E-state index in [1.165, 1.54) is 9.75 Å². The molecule has 5 nitrogen and oxygen atoms in total. The summed E-state index contributed by atoms with van der Waals surface area (Å²) in [6, 6.07) is 4.17. The molecule has 0 radical (unpaired) electrons. The number of carbonyl (C=O) groups is 1. The predicted molar refractivity (Wildman–Crippen MR) is 88.8 cm³/mol. The molecule has 0 spiro atoms. The Hall–Kier alpha value is -1.66. The molecule has 0 saturated heterocycles. The number of hydrogen-bond acceptors (Lipinski definition) is 4. The van der Waals surface area contributed by atoms with E-state index in [1.54, 1.807) is 16.0 Å². The molecular weight excluding hydrogens is 298 g/mol. The molecule has 0 saturated carbocycles. The number of thiophene rings is 1. The maximum Gasteiger partial charge on any atom is 0.307 e. The van der Waals surface area contributed by atoms with Gasteiger partial charge in [0.05, 0.1) is 12.1 Å². The number of nitrogens with zero attached hydrogens (tertiary/aromatic N) is 2. The summed E-state index contributed by atoms with van der Waals surface area (Å²) in [6.07, 6.45) is 4.55. The fourth-order valence-electron chi connectivity index (χ4n) is 2.39. The van der Waals surface area contributed by atoms with E-state index in [9.17, 15) is 9.90 Å². The van der Waals surface area contributed by atoms with E-state index < -0.39 is 5.97 Å². The molecule has 0 fully saturated rings. The summed E-state index contributed by atoms with van der Waals surface area (Å²) >= 11 is 1.71. The van der Waals surface area contributed by atoms with E-state index in [0.29, 0.717) is 25.4 Å². The molecule has 22 heavy (non-hydrogen) atoms. The minimum Gasteiger partial charge on any atom is -0.481 e. The van der Waals surface area contributed by atoms with Crippen molar-refractivity contribution < 1.29 is 9.90 Å². The maximum atomic E-state index is 11.2.